The van der Waals surface area contributed by atoms with Crippen LogP contribution in [0.3, 0.4) is 0 Å². The molecule has 8 nitrogen and oxygen atoms in total. The van der Waals surface area contributed by atoms with Crippen molar-refractivity contribution < 1.29 is 18.1 Å². The average Bonchev–Trinajstić information content (AvgIpc) is 2.64. The molecule has 150 valence electrons. The van der Waals surface area contributed by atoms with Crippen molar-refractivity contribution in [3.8, 4) is 0 Å². The van der Waals surface area contributed by atoms with E-state index in [0.29, 0.717) is 11.6 Å². The number of anilines is 1. The van der Waals surface area contributed by atoms with Gasteiger partial charge in [0.05, 0.1) is 16.9 Å². The van der Waals surface area contributed by atoms with E-state index in [1.807, 2.05) is 0 Å². The van der Waals surface area contributed by atoms with Crippen LogP contribution in [-0.4, -0.2) is 32.0 Å². The molecule has 0 aliphatic rings. The molecule has 1 amide bonds. The SMILES string of the molecule is CS(=O)(=O)N(CCCC(=O)NCc1ccc(Cl)cc1)c1cccc([N+](=O)[O-])c1. The number of sulfonamides is 1. The first-order valence-electron chi connectivity index (χ1n) is 8.40. The number of nitrogens with zero attached hydrogens (tertiary/aromatic N) is 2. The van der Waals surface area contributed by atoms with Gasteiger partial charge in [-0.3, -0.25) is 19.2 Å². The van der Waals surface area contributed by atoms with Gasteiger partial charge in [-0.05, 0) is 30.2 Å². The number of hydrogen-bond acceptors (Lipinski definition) is 5. The molecule has 2 aromatic carbocycles. The van der Waals surface area contributed by atoms with E-state index in [-0.39, 0.29) is 36.7 Å². The van der Waals surface area contributed by atoms with Crippen molar-refractivity contribution in [1.82, 2.24) is 5.32 Å². The van der Waals surface area contributed by atoms with Crippen LogP contribution in [0.2, 0.25) is 5.02 Å². The number of non-ortho nitro benzene ring substituents is 1. The molecule has 2 aromatic rings. The summed E-state index contributed by atoms with van der Waals surface area (Å²) in [7, 11) is -3.65. The molecule has 0 aromatic heterocycles. The Bertz CT molecular complexity index is 948. The van der Waals surface area contributed by atoms with Crippen molar-refractivity contribution >= 4 is 38.9 Å². The molecular formula is C18H20ClN3O5S. The molecule has 1 N–H and O–H groups in total. The minimum Gasteiger partial charge on any atom is -0.352 e. The van der Waals surface area contributed by atoms with Gasteiger partial charge in [0.25, 0.3) is 5.69 Å². The standard InChI is InChI=1S/C18H20ClN3O5S/c1-28(26,27)21(16-4-2-5-17(12-16)22(24)25)11-3-6-18(23)20-13-14-7-9-15(19)10-8-14/h2,4-5,7-10,12H,3,6,11,13H2,1H3,(H,20,23). The maximum atomic E-state index is 12.1. The van der Waals surface area contributed by atoms with Crippen LogP contribution < -0.4 is 9.62 Å². The number of benzene rings is 2. The lowest BCUT2D eigenvalue weighted by Crippen LogP contribution is -2.32. The van der Waals surface area contributed by atoms with Gasteiger partial charge in [0.15, 0.2) is 0 Å². The topological polar surface area (TPSA) is 110 Å². The molecule has 0 radical (unpaired) electrons. The number of rotatable bonds is 9. The monoisotopic (exact) mass is 425 g/mol. The second-order valence-electron chi connectivity index (χ2n) is 6.12. The highest BCUT2D eigenvalue weighted by atomic mass is 35.5. The van der Waals surface area contributed by atoms with Crippen LogP contribution >= 0.6 is 11.6 Å². The molecule has 0 bridgehead atoms. The highest BCUT2D eigenvalue weighted by Gasteiger charge is 2.19. The smallest absolute Gasteiger partial charge is 0.271 e. The molecule has 0 heterocycles. The summed E-state index contributed by atoms with van der Waals surface area (Å²) < 4.78 is 25.2. The Balaban J connectivity index is 1.93. The largest absolute Gasteiger partial charge is 0.352 e. The number of amides is 1. The summed E-state index contributed by atoms with van der Waals surface area (Å²) in [5.41, 5.74) is 0.886. The summed E-state index contributed by atoms with van der Waals surface area (Å²) in [6.07, 6.45) is 1.41. The van der Waals surface area contributed by atoms with E-state index in [0.717, 1.165) is 16.1 Å². The van der Waals surface area contributed by atoms with Gasteiger partial charge in [-0.25, -0.2) is 8.42 Å². The van der Waals surface area contributed by atoms with E-state index in [4.69, 9.17) is 11.6 Å². The van der Waals surface area contributed by atoms with E-state index >= 15 is 0 Å². The average molecular weight is 426 g/mol. The Hall–Kier alpha value is -2.65. The molecule has 28 heavy (non-hydrogen) atoms. The predicted octanol–water partition coefficient (Wildman–Crippen LogP) is 3.11. The van der Waals surface area contributed by atoms with Crippen molar-refractivity contribution in [3.63, 3.8) is 0 Å². The van der Waals surface area contributed by atoms with Crippen molar-refractivity contribution in [1.29, 1.82) is 0 Å². The second-order valence-corrected chi connectivity index (χ2v) is 8.46. The van der Waals surface area contributed by atoms with Gasteiger partial charge >= 0.3 is 0 Å². The van der Waals surface area contributed by atoms with E-state index in [1.54, 1.807) is 24.3 Å². The molecular weight excluding hydrogens is 406 g/mol. The Kier molecular flexibility index (Phi) is 7.36. The van der Waals surface area contributed by atoms with Crippen molar-refractivity contribution in [2.45, 2.75) is 19.4 Å². The fourth-order valence-electron chi connectivity index (χ4n) is 2.52. The number of nitrogens with one attached hydrogen (secondary N) is 1. The van der Waals surface area contributed by atoms with Crippen LogP contribution in [0, 0.1) is 10.1 Å². The lowest BCUT2D eigenvalue weighted by Gasteiger charge is -2.22. The molecule has 0 fully saturated rings. The molecule has 0 unspecified atom stereocenters. The minimum atomic E-state index is -3.65. The zero-order chi connectivity index (χ0) is 20.7. The number of nitro groups is 1. The van der Waals surface area contributed by atoms with Crippen LogP contribution in [0.25, 0.3) is 0 Å². The normalized spacial score (nSPS) is 11.1. The summed E-state index contributed by atoms with van der Waals surface area (Å²) in [4.78, 5) is 22.3. The molecule has 10 heteroatoms. The molecule has 0 spiro atoms. The molecule has 0 saturated carbocycles. The third-order valence-corrected chi connectivity index (χ3v) is 5.34. The van der Waals surface area contributed by atoms with E-state index in [9.17, 15) is 23.3 Å². The first-order chi connectivity index (χ1) is 13.2. The quantitative estimate of drug-likeness (QED) is 0.490. The van der Waals surface area contributed by atoms with E-state index in [2.05, 4.69) is 5.32 Å². The van der Waals surface area contributed by atoms with Gasteiger partial charge in [-0.2, -0.15) is 0 Å². The maximum absolute atomic E-state index is 12.1. The number of carbonyl (C=O) groups is 1. The van der Waals surface area contributed by atoms with E-state index in [1.165, 1.54) is 24.3 Å². The summed E-state index contributed by atoms with van der Waals surface area (Å²) in [5.74, 6) is -0.220. The zero-order valence-electron chi connectivity index (χ0n) is 15.2. The Morgan fingerprint density at radius 2 is 1.89 bits per heavy atom. The third-order valence-electron chi connectivity index (χ3n) is 3.90. The van der Waals surface area contributed by atoms with Gasteiger partial charge in [-0.1, -0.05) is 29.8 Å². The molecule has 2 rings (SSSR count). The molecule has 0 aliphatic heterocycles. The number of halogens is 1. The Morgan fingerprint density at radius 1 is 1.21 bits per heavy atom. The third kappa shape index (κ3) is 6.50. The van der Waals surface area contributed by atoms with Crippen molar-refractivity contribution in [2.75, 3.05) is 17.1 Å². The zero-order valence-corrected chi connectivity index (χ0v) is 16.7. The lowest BCUT2D eigenvalue weighted by molar-refractivity contribution is -0.384. The van der Waals surface area contributed by atoms with Gasteiger partial charge < -0.3 is 5.32 Å². The van der Waals surface area contributed by atoms with Crippen LogP contribution in [-0.2, 0) is 21.4 Å². The molecule has 0 atom stereocenters. The van der Waals surface area contributed by atoms with Crippen molar-refractivity contribution in [2.24, 2.45) is 0 Å². The fraction of sp³-hybridized carbons (Fsp3) is 0.278. The molecule has 0 aliphatic carbocycles. The van der Waals surface area contributed by atoms with E-state index < -0.39 is 14.9 Å². The number of nitro benzene ring substituents is 1. The fourth-order valence-corrected chi connectivity index (χ4v) is 3.61. The first-order valence-corrected chi connectivity index (χ1v) is 10.6. The van der Waals surface area contributed by atoms with Crippen LogP contribution in [0.4, 0.5) is 11.4 Å². The summed E-state index contributed by atoms with van der Waals surface area (Å²) in [6, 6.07) is 12.4. The van der Waals surface area contributed by atoms with Crippen LogP contribution in [0.5, 0.6) is 0 Å². The van der Waals surface area contributed by atoms with Gasteiger partial charge in [0.1, 0.15) is 0 Å². The summed E-state index contributed by atoms with van der Waals surface area (Å²) in [5, 5.41) is 14.3. The maximum Gasteiger partial charge on any atom is 0.271 e. The highest BCUT2D eigenvalue weighted by molar-refractivity contribution is 7.92. The highest BCUT2D eigenvalue weighted by Crippen LogP contribution is 2.23. The summed E-state index contributed by atoms with van der Waals surface area (Å²) >= 11 is 5.81. The number of carbonyl (C=O) groups excluding carboxylic acids is 1. The van der Waals surface area contributed by atoms with Gasteiger partial charge in [0.2, 0.25) is 15.9 Å². The Labute approximate surface area is 168 Å². The second kappa shape index (κ2) is 9.52. The Morgan fingerprint density at radius 3 is 2.50 bits per heavy atom. The number of hydrogen-bond donors (Lipinski definition) is 1. The summed E-state index contributed by atoms with van der Waals surface area (Å²) in [6.45, 7) is 0.380. The van der Waals surface area contributed by atoms with Crippen LogP contribution in [0.1, 0.15) is 18.4 Å². The first kappa shape index (κ1) is 21.6. The van der Waals surface area contributed by atoms with Gasteiger partial charge in [-0.15, -0.1) is 0 Å². The van der Waals surface area contributed by atoms with Crippen LogP contribution in [0.15, 0.2) is 48.5 Å². The minimum absolute atomic E-state index is 0.0361. The van der Waals surface area contributed by atoms with Gasteiger partial charge in [0, 0.05) is 36.7 Å². The van der Waals surface area contributed by atoms with Crippen molar-refractivity contribution in [3.05, 3.63) is 69.2 Å². The molecule has 0 saturated heterocycles. The predicted molar refractivity (Wildman–Crippen MR) is 108 cm³/mol. The lowest BCUT2D eigenvalue weighted by atomic mass is 10.2.